The third-order valence-electron chi connectivity index (χ3n) is 13.0. The Balaban J connectivity index is 4.25. The topological polar surface area (TPSA) is 61.8 Å². The first kappa shape index (κ1) is 65.6. The van der Waals surface area contributed by atoms with E-state index < -0.39 is 6.10 Å². The molecule has 0 aliphatic heterocycles. The Labute approximate surface area is 424 Å². The number of unbranched alkanes of at least 4 members (excludes halogenated alkanes) is 34. The average Bonchev–Trinajstić information content (AvgIpc) is 3.34. The van der Waals surface area contributed by atoms with E-state index in [0.29, 0.717) is 19.4 Å². The lowest BCUT2D eigenvalue weighted by Gasteiger charge is -2.18. The van der Waals surface area contributed by atoms with Crippen molar-refractivity contribution in [3.63, 3.8) is 0 Å². The molecule has 1 unspecified atom stereocenters. The van der Waals surface area contributed by atoms with E-state index in [4.69, 9.17) is 14.2 Å². The fourth-order valence-electron chi connectivity index (χ4n) is 8.62. The predicted molar refractivity (Wildman–Crippen MR) is 298 cm³/mol. The maximum atomic E-state index is 12.9. The molecule has 0 aliphatic carbocycles. The van der Waals surface area contributed by atoms with Crippen molar-refractivity contribution in [2.24, 2.45) is 0 Å². The van der Waals surface area contributed by atoms with E-state index in [2.05, 4.69) is 81.5 Å². The van der Waals surface area contributed by atoms with Gasteiger partial charge in [0.15, 0.2) is 6.10 Å². The van der Waals surface area contributed by atoms with Crippen LogP contribution in [-0.2, 0) is 23.8 Å². The summed E-state index contributed by atoms with van der Waals surface area (Å²) in [5, 5.41) is 0. The Bertz CT molecular complexity index is 1170. The average molecular weight is 952 g/mol. The van der Waals surface area contributed by atoms with Crippen molar-refractivity contribution in [2.45, 2.75) is 309 Å². The predicted octanol–water partition coefficient (Wildman–Crippen LogP) is 20.5. The van der Waals surface area contributed by atoms with Crippen LogP contribution < -0.4 is 0 Å². The summed E-state index contributed by atoms with van der Waals surface area (Å²) in [5.41, 5.74) is 0. The van der Waals surface area contributed by atoms with E-state index in [-0.39, 0.29) is 25.2 Å². The molecular formula is C63H114O5. The van der Waals surface area contributed by atoms with E-state index in [0.717, 1.165) is 77.0 Å². The molecule has 0 bridgehead atoms. The summed E-state index contributed by atoms with van der Waals surface area (Å²) in [7, 11) is 0. The van der Waals surface area contributed by atoms with Gasteiger partial charge >= 0.3 is 11.9 Å². The minimum atomic E-state index is -0.541. The van der Waals surface area contributed by atoms with Crippen molar-refractivity contribution in [2.75, 3.05) is 19.8 Å². The molecule has 0 saturated heterocycles. The first-order chi connectivity index (χ1) is 33.6. The molecule has 5 nitrogen and oxygen atoms in total. The molecule has 0 aliphatic rings. The van der Waals surface area contributed by atoms with Crippen LogP contribution in [0.25, 0.3) is 0 Å². The highest BCUT2D eigenvalue weighted by Crippen LogP contribution is 2.16. The van der Waals surface area contributed by atoms with Gasteiger partial charge in [-0.25, -0.2) is 0 Å². The fraction of sp³-hybridized carbons (Fsp3) is 0.810. The van der Waals surface area contributed by atoms with Gasteiger partial charge in [-0.05, 0) is 83.5 Å². The molecule has 0 heterocycles. The van der Waals surface area contributed by atoms with Crippen molar-refractivity contribution in [1.29, 1.82) is 0 Å². The summed E-state index contributed by atoms with van der Waals surface area (Å²) >= 11 is 0. The summed E-state index contributed by atoms with van der Waals surface area (Å²) in [6.45, 7) is 7.73. The summed E-state index contributed by atoms with van der Waals surface area (Å²) < 4.78 is 17.5. The number of hydrogen-bond acceptors (Lipinski definition) is 5. The largest absolute Gasteiger partial charge is 0.462 e. The number of carbonyl (C=O) groups is 2. The van der Waals surface area contributed by atoms with Gasteiger partial charge < -0.3 is 14.2 Å². The first-order valence-corrected chi connectivity index (χ1v) is 29.8. The summed E-state index contributed by atoms with van der Waals surface area (Å²) in [5.74, 6) is -0.395. The van der Waals surface area contributed by atoms with Gasteiger partial charge in [0.1, 0.15) is 6.61 Å². The Morgan fingerprint density at radius 3 is 1.09 bits per heavy atom. The zero-order valence-corrected chi connectivity index (χ0v) is 45.6. The smallest absolute Gasteiger partial charge is 0.306 e. The number of allylic oxidation sites excluding steroid dienone is 10. The number of esters is 2. The molecular weight excluding hydrogens is 837 g/mol. The van der Waals surface area contributed by atoms with E-state index in [1.807, 2.05) is 0 Å². The molecule has 0 aromatic carbocycles. The highest BCUT2D eigenvalue weighted by molar-refractivity contribution is 5.70. The molecule has 0 aromatic rings. The molecule has 0 amide bonds. The normalized spacial score (nSPS) is 12.6. The molecule has 0 radical (unpaired) electrons. The molecule has 396 valence electrons. The Morgan fingerprint density at radius 1 is 0.338 bits per heavy atom. The molecule has 0 rings (SSSR count). The second kappa shape index (κ2) is 58.9. The molecule has 0 N–H and O–H groups in total. The highest BCUT2D eigenvalue weighted by atomic mass is 16.6. The third-order valence-corrected chi connectivity index (χ3v) is 13.0. The number of ether oxygens (including phenoxy) is 3. The van der Waals surface area contributed by atoms with Crippen LogP contribution in [0.1, 0.15) is 303 Å². The molecule has 0 saturated carbocycles. The van der Waals surface area contributed by atoms with Crippen LogP contribution in [0.3, 0.4) is 0 Å². The molecule has 5 heteroatoms. The maximum Gasteiger partial charge on any atom is 0.306 e. The van der Waals surface area contributed by atoms with E-state index in [1.54, 1.807) is 0 Å². The van der Waals surface area contributed by atoms with Crippen molar-refractivity contribution in [3.8, 4) is 0 Å². The summed E-state index contributed by atoms with van der Waals surface area (Å²) in [4.78, 5) is 25.5. The second-order valence-corrected chi connectivity index (χ2v) is 19.9. The molecule has 0 fully saturated rings. The summed E-state index contributed by atoms with van der Waals surface area (Å²) in [6.07, 6.45) is 75.3. The summed E-state index contributed by atoms with van der Waals surface area (Å²) in [6, 6.07) is 0. The minimum absolute atomic E-state index is 0.0814. The molecule has 1 atom stereocenters. The highest BCUT2D eigenvalue weighted by Gasteiger charge is 2.17. The first-order valence-electron chi connectivity index (χ1n) is 29.8. The quantitative estimate of drug-likeness (QED) is 0.0345. The third kappa shape index (κ3) is 56.2. The Morgan fingerprint density at radius 2 is 0.662 bits per heavy atom. The lowest BCUT2D eigenvalue weighted by Crippen LogP contribution is -2.30. The maximum absolute atomic E-state index is 12.9. The van der Waals surface area contributed by atoms with Crippen LogP contribution in [0, 0.1) is 0 Å². The second-order valence-electron chi connectivity index (χ2n) is 19.9. The monoisotopic (exact) mass is 951 g/mol. The van der Waals surface area contributed by atoms with E-state index in [9.17, 15) is 9.59 Å². The van der Waals surface area contributed by atoms with Crippen LogP contribution in [0.15, 0.2) is 60.8 Å². The number of hydrogen-bond donors (Lipinski definition) is 0. The molecule has 68 heavy (non-hydrogen) atoms. The Kier molecular flexibility index (Phi) is 56.8. The van der Waals surface area contributed by atoms with Gasteiger partial charge in [0.25, 0.3) is 0 Å². The van der Waals surface area contributed by atoms with Crippen LogP contribution in [-0.4, -0.2) is 37.9 Å². The van der Waals surface area contributed by atoms with Crippen LogP contribution in [0.5, 0.6) is 0 Å². The van der Waals surface area contributed by atoms with E-state index in [1.165, 1.54) is 193 Å². The SMILES string of the molecule is CC/C=C\C/C=C\C/C=C\CCCCCCCCCC(=O)OCC(COCCCCCCCCCCCC/C=C\C/C=C\CCCCC)OC(=O)CCCCCCCCCCCCCCCCC. The van der Waals surface area contributed by atoms with Gasteiger partial charge in [-0.2, -0.15) is 0 Å². The zero-order valence-electron chi connectivity index (χ0n) is 45.6. The van der Waals surface area contributed by atoms with Gasteiger partial charge in [-0.15, -0.1) is 0 Å². The van der Waals surface area contributed by atoms with Crippen LogP contribution in [0.4, 0.5) is 0 Å². The van der Waals surface area contributed by atoms with Gasteiger partial charge in [-0.3, -0.25) is 9.59 Å². The van der Waals surface area contributed by atoms with Crippen molar-refractivity contribution in [3.05, 3.63) is 60.8 Å². The molecule has 0 spiro atoms. The fourth-order valence-corrected chi connectivity index (χ4v) is 8.62. The molecule has 0 aromatic heterocycles. The lowest BCUT2D eigenvalue weighted by molar-refractivity contribution is -0.163. The zero-order chi connectivity index (χ0) is 49.2. The minimum Gasteiger partial charge on any atom is -0.462 e. The number of carbonyl (C=O) groups excluding carboxylic acids is 2. The van der Waals surface area contributed by atoms with Crippen molar-refractivity contribution < 1.29 is 23.8 Å². The lowest BCUT2D eigenvalue weighted by atomic mass is 10.0. The Hall–Kier alpha value is -2.40. The van der Waals surface area contributed by atoms with Crippen LogP contribution >= 0.6 is 0 Å². The van der Waals surface area contributed by atoms with Gasteiger partial charge in [0.2, 0.25) is 0 Å². The van der Waals surface area contributed by atoms with Crippen molar-refractivity contribution in [1.82, 2.24) is 0 Å². The van der Waals surface area contributed by atoms with Gasteiger partial charge in [0.05, 0.1) is 6.61 Å². The van der Waals surface area contributed by atoms with Crippen molar-refractivity contribution >= 4 is 11.9 Å². The van der Waals surface area contributed by atoms with E-state index >= 15 is 0 Å². The standard InChI is InChI=1S/C63H114O5/c1-4-7-10-13-16-19-22-25-28-30-31-32-34-37-40-43-46-49-52-55-58-66-59-61(68-63(65)57-54-51-48-45-42-39-35-27-24-21-18-15-12-9-6-3)60-67-62(64)56-53-50-47-44-41-38-36-33-29-26-23-20-17-14-11-8-5-2/h8,11,16-17,19-20,25-26,28-29,61H,4-7,9-10,12-15,18,21-24,27,30-60H2,1-3H3/b11-8-,19-16-,20-17-,28-25-,29-26-. The van der Waals surface area contributed by atoms with Gasteiger partial charge in [0, 0.05) is 19.4 Å². The van der Waals surface area contributed by atoms with Crippen LogP contribution in [0.2, 0.25) is 0 Å². The van der Waals surface area contributed by atoms with Gasteiger partial charge in [-0.1, -0.05) is 268 Å². The number of rotatable bonds is 55.